The first kappa shape index (κ1) is 62.1. The number of hydrogen-bond donors (Lipinski definition) is 2. The molecule has 5 heterocycles. The summed E-state index contributed by atoms with van der Waals surface area (Å²) in [6, 6.07) is 18.6. The zero-order valence-corrected chi connectivity index (χ0v) is 50.1. The maximum absolute atomic E-state index is 14.9. The first-order valence-electron chi connectivity index (χ1n) is 28.7. The third-order valence-corrected chi connectivity index (χ3v) is 17.8. The summed E-state index contributed by atoms with van der Waals surface area (Å²) in [6.07, 6.45) is 8.15. The second-order valence-corrected chi connectivity index (χ2v) is 25.5. The van der Waals surface area contributed by atoms with Crippen LogP contribution in [-0.4, -0.2) is 117 Å². The molecule has 0 radical (unpaired) electrons. The van der Waals surface area contributed by atoms with Crippen molar-refractivity contribution in [1.29, 1.82) is 0 Å². The van der Waals surface area contributed by atoms with Gasteiger partial charge in [0, 0.05) is 117 Å². The molecule has 6 atom stereocenters. The average Bonchev–Trinajstić information content (AvgIpc) is 4.27. The predicted molar refractivity (Wildman–Crippen MR) is 313 cm³/mol. The van der Waals surface area contributed by atoms with E-state index in [4.69, 9.17) is 23.2 Å². The Kier molecular flexibility index (Phi) is 19.9. The Morgan fingerprint density at radius 3 is 1.41 bits per heavy atom. The second-order valence-electron chi connectivity index (χ2n) is 24.6. The highest BCUT2D eigenvalue weighted by Crippen LogP contribution is 2.43. The lowest BCUT2D eigenvalue weighted by molar-refractivity contribution is -0.137. The number of piperidine rings is 2. The van der Waals surface area contributed by atoms with Gasteiger partial charge in [-0.2, -0.15) is 0 Å². The molecule has 4 aliphatic rings. The van der Waals surface area contributed by atoms with E-state index in [2.05, 4.69) is 78.0 Å². The van der Waals surface area contributed by atoms with Crippen molar-refractivity contribution in [3.05, 3.63) is 164 Å². The van der Waals surface area contributed by atoms with Crippen LogP contribution in [-0.2, 0) is 14.4 Å². The van der Waals surface area contributed by atoms with Crippen LogP contribution in [0.15, 0.2) is 91.5 Å². The fourth-order valence-corrected chi connectivity index (χ4v) is 13.0. The van der Waals surface area contributed by atoms with Crippen molar-refractivity contribution in [3.8, 4) is 0 Å². The van der Waals surface area contributed by atoms with Gasteiger partial charge < -0.3 is 20.4 Å². The van der Waals surface area contributed by atoms with Crippen LogP contribution in [0.1, 0.15) is 174 Å². The quantitative estimate of drug-likeness (QED) is 0.118. The Bertz CT molecular complexity index is 3090. The van der Waals surface area contributed by atoms with Gasteiger partial charge in [0.15, 0.2) is 0 Å². The number of nitrogens with zero attached hydrogens (tertiary/aromatic N) is 6. The molecule has 4 saturated heterocycles. The highest BCUT2D eigenvalue weighted by Gasteiger charge is 2.47. The molecule has 4 aliphatic heterocycles. The summed E-state index contributed by atoms with van der Waals surface area (Å²) in [5, 5.41) is 7.28. The highest BCUT2D eigenvalue weighted by molar-refractivity contribution is 6.31. The van der Waals surface area contributed by atoms with Crippen LogP contribution >= 0.6 is 23.2 Å². The first-order valence-corrected chi connectivity index (χ1v) is 29.5. The SMILES string of the molecule is CCC(NC(C)=O)c1cc(Cl)ccc1C1CCN(C(=O)C2CN(C(C)(C)C)C[C@H]2c2ccc(F)cc2F)CC1.C[C@H](NC(=O)c1cncnc1)c1cc(Cl)ccc1C1CCN(C(=O)C2CN(C(C)(C)C)C[C@H]2c2ccc(F)cc2F)CC1. The first-order chi connectivity index (χ1) is 38.8. The largest absolute Gasteiger partial charge is 0.350 e. The molecule has 0 bridgehead atoms. The van der Waals surface area contributed by atoms with Gasteiger partial charge in [-0.15, -0.1) is 0 Å². The van der Waals surface area contributed by atoms with Gasteiger partial charge in [0.1, 0.15) is 29.6 Å². The summed E-state index contributed by atoms with van der Waals surface area (Å²) in [4.78, 5) is 68.6. The zero-order chi connectivity index (χ0) is 59.4. The van der Waals surface area contributed by atoms with E-state index in [1.807, 2.05) is 54.0 Å². The van der Waals surface area contributed by atoms with E-state index in [0.29, 0.717) is 79.1 Å². The molecule has 4 fully saturated rings. The molecule has 2 N–H and O–H groups in total. The molecule has 12 nitrogen and oxygen atoms in total. The van der Waals surface area contributed by atoms with E-state index in [0.717, 1.165) is 66.5 Å². The van der Waals surface area contributed by atoms with Crippen molar-refractivity contribution in [2.45, 2.75) is 141 Å². The lowest BCUT2D eigenvalue weighted by Crippen LogP contribution is -2.44. The topological polar surface area (TPSA) is 131 Å². The number of carbonyl (C=O) groups is 4. The molecule has 0 aliphatic carbocycles. The molecule has 0 spiro atoms. The van der Waals surface area contributed by atoms with Gasteiger partial charge in [-0.05, 0) is 162 Å². The molecule has 0 saturated carbocycles. The number of aromatic nitrogens is 2. The van der Waals surface area contributed by atoms with Crippen LogP contribution in [0.25, 0.3) is 0 Å². The van der Waals surface area contributed by atoms with Gasteiger partial charge in [-0.1, -0.05) is 54.4 Å². The minimum Gasteiger partial charge on any atom is -0.350 e. The van der Waals surface area contributed by atoms with Crippen molar-refractivity contribution in [3.63, 3.8) is 0 Å². The third kappa shape index (κ3) is 14.7. The lowest BCUT2D eigenvalue weighted by atomic mass is 9.83. The smallest absolute Gasteiger partial charge is 0.254 e. The van der Waals surface area contributed by atoms with E-state index < -0.39 is 35.1 Å². The van der Waals surface area contributed by atoms with E-state index in [1.165, 1.54) is 49.9 Å². The van der Waals surface area contributed by atoms with E-state index in [1.54, 1.807) is 0 Å². The fraction of sp³-hybridized carbons (Fsp3) is 0.500. The van der Waals surface area contributed by atoms with Gasteiger partial charge in [-0.25, -0.2) is 27.5 Å². The van der Waals surface area contributed by atoms with Crippen molar-refractivity contribution < 1.29 is 36.7 Å². The van der Waals surface area contributed by atoms with Crippen LogP contribution in [0.5, 0.6) is 0 Å². The van der Waals surface area contributed by atoms with Crippen LogP contribution < -0.4 is 10.6 Å². The Balaban J connectivity index is 0.000000216. The molecular formula is C64H78Cl2F4N8O4. The summed E-state index contributed by atoms with van der Waals surface area (Å²) in [6.45, 7) is 22.5. The summed E-state index contributed by atoms with van der Waals surface area (Å²) < 4.78 is 57.2. The van der Waals surface area contributed by atoms with Crippen LogP contribution in [0.3, 0.4) is 0 Å². The molecule has 5 aromatic rings. The van der Waals surface area contributed by atoms with Gasteiger partial charge in [0.2, 0.25) is 17.7 Å². The number of rotatable bonds is 12. The fourth-order valence-electron chi connectivity index (χ4n) is 12.7. The molecule has 440 valence electrons. The molecule has 4 aromatic carbocycles. The average molecular weight is 1170 g/mol. The molecule has 3 unspecified atom stereocenters. The normalized spacial score (nSPS) is 21.2. The number of likely N-dealkylation sites (tertiary alicyclic amines) is 4. The van der Waals surface area contributed by atoms with Gasteiger partial charge in [0.25, 0.3) is 5.91 Å². The van der Waals surface area contributed by atoms with Crippen molar-refractivity contribution in [2.75, 3.05) is 52.4 Å². The number of amides is 4. The van der Waals surface area contributed by atoms with Crippen LogP contribution in [0.4, 0.5) is 17.6 Å². The number of nitrogens with one attached hydrogen (secondary N) is 2. The Labute approximate surface area is 490 Å². The van der Waals surface area contributed by atoms with Gasteiger partial charge in [0.05, 0.1) is 29.5 Å². The Morgan fingerprint density at radius 1 is 0.598 bits per heavy atom. The van der Waals surface area contributed by atoms with E-state index >= 15 is 0 Å². The zero-order valence-electron chi connectivity index (χ0n) is 48.6. The second kappa shape index (κ2) is 26.3. The highest BCUT2D eigenvalue weighted by atomic mass is 35.5. The standard InChI is InChI=1S/C33H38ClF2N5O2.C31H40ClF2N3O2/c1-20(39-31(42)22-15-37-19-38-16-22)27-13-23(34)5-7-25(27)21-9-11-40(12-10-21)32(43)29-18-41(33(2,3)4)17-28(29)26-8-6-24(35)14-30(26)36;1-6-29(35-19(2)38)25-15-21(32)7-9-23(25)20-11-13-36(14-12-20)30(39)27-18-37(31(3,4)5)17-26(27)24-10-8-22(33)16-28(24)34/h5-8,13-16,19-21,28-29H,9-12,17-18H2,1-4H3,(H,39,42);7-10,15-16,20,26-27,29H,6,11-14,17-18H2,1-5H3,(H,35,38)/t20-,28-,29?;26-,27?,29?/m00/s1. The molecule has 4 amide bonds. The number of halogens is 6. The lowest BCUT2D eigenvalue weighted by Gasteiger charge is -2.36. The summed E-state index contributed by atoms with van der Waals surface area (Å²) in [7, 11) is 0. The molecule has 18 heteroatoms. The van der Waals surface area contributed by atoms with Crippen LogP contribution in [0, 0.1) is 35.1 Å². The van der Waals surface area contributed by atoms with Crippen molar-refractivity contribution in [2.24, 2.45) is 11.8 Å². The number of carbonyl (C=O) groups excluding carboxylic acids is 4. The monoisotopic (exact) mass is 1170 g/mol. The maximum Gasteiger partial charge on any atom is 0.254 e. The van der Waals surface area contributed by atoms with E-state index in [9.17, 15) is 36.7 Å². The summed E-state index contributed by atoms with van der Waals surface area (Å²) in [5.74, 6) is -3.81. The number of hydrogen-bond acceptors (Lipinski definition) is 8. The minimum atomic E-state index is -0.624. The van der Waals surface area contributed by atoms with E-state index in [-0.39, 0.29) is 70.5 Å². The van der Waals surface area contributed by atoms with Crippen molar-refractivity contribution in [1.82, 2.24) is 40.2 Å². The van der Waals surface area contributed by atoms with Crippen LogP contribution in [0.2, 0.25) is 10.0 Å². The maximum atomic E-state index is 14.9. The summed E-state index contributed by atoms with van der Waals surface area (Å²) >= 11 is 12.7. The minimum absolute atomic E-state index is 0.0148. The summed E-state index contributed by atoms with van der Waals surface area (Å²) in [5.41, 5.74) is 5.04. The van der Waals surface area contributed by atoms with Gasteiger partial charge in [-0.3, -0.25) is 29.0 Å². The Morgan fingerprint density at radius 2 is 1.01 bits per heavy atom. The number of benzene rings is 4. The van der Waals surface area contributed by atoms with Crippen molar-refractivity contribution >= 4 is 46.8 Å². The third-order valence-electron chi connectivity index (χ3n) is 17.3. The Hall–Kier alpha value is -5.94. The molecule has 9 rings (SSSR count). The van der Waals surface area contributed by atoms with Gasteiger partial charge >= 0.3 is 0 Å². The molecule has 1 aromatic heterocycles. The molecular weight excluding hydrogens is 1090 g/mol. The predicted octanol–water partition coefficient (Wildman–Crippen LogP) is 12.5. The molecule has 82 heavy (non-hydrogen) atoms.